The van der Waals surface area contributed by atoms with Crippen LogP contribution in [0.1, 0.15) is 58.6 Å². The quantitative estimate of drug-likeness (QED) is 0.185. The molecule has 1 saturated heterocycles. The largest absolute Gasteiger partial charge is 0.492 e. The van der Waals surface area contributed by atoms with E-state index in [1.807, 2.05) is 26.0 Å². The lowest BCUT2D eigenvalue weighted by molar-refractivity contribution is -0.125. The van der Waals surface area contributed by atoms with Crippen LogP contribution in [0.25, 0.3) is 5.57 Å². The summed E-state index contributed by atoms with van der Waals surface area (Å²) in [5.74, 6) is 2.30. The highest BCUT2D eigenvalue weighted by atomic mass is 16.6. The van der Waals surface area contributed by atoms with Gasteiger partial charge in [-0.1, -0.05) is 25.1 Å². The van der Waals surface area contributed by atoms with Gasteiger partial charge < -0.3 is 30.6 Å². The number of nitrogens with two attached hydrogens (primary N) is 1. The maximum Gasteiger partial charge on any atom is 0.223 e. The first-order chi connectivity index (χ1) is 17.2. The average molecular weight is 500 g/mol. The van der Waals surface area contributed by atoms with Crippen LogP contribution in [0.2, 0.25) is 0 Å². The molecule has 36 heavy (non-hydrogen) atoms. The van der Waals surface area contributed by atoms with E-state index in [1.165, 1.54) is 0 Å². The number of hydrogen-bond donors (Lipinski definition) is 3. The Morgan fingerprint density at radius 3 is 2.64 bits per heavy atom. The summed E-state index contributed by atoms with van der Waals surface area (Å²) in [5, 5.41) is 16.1. The zero-order chi connectivity index (χ0) is 26.1. The Hall–Kier alpha value is -3.07. The molecule has 0 aromatic carbocycles. The molecule has 1 amide bonds. The number of carbonyl (C=O) groups excluding carboxylic acids is 1. The molecule has 3 rings (SSSR count). The summed E-state index contributed by atoms with van der Waals surface area (Å²) in [4.78, 5) is 24.3. The Bertz CT molecular complexity index is 934. The van der Waals surface area contributed by atoms with Gasteiger partial charge in [0.1, 0.15) is 11.6 Å². The van der Waals surface area contributed by atoms with Gasteiger partial charge in [0.2, 0.25) is 11.8 Å². The molecule has 1 unspecified atom stereocenters. The number of hydrogen-bond acceptors (Lipinski definition) is 7. The van der Waals surface area contributed by atoms with Gasteiger partial charge in [0.05, 0.1) is 24.6 Å². The number of amidine groups is 1. The first kappa shape index (κ1) is 27.5. The van der Waals surface area contributed by atoms with Crippen molar-refractivity contribution in [3.05, 3.63) is 42.6 Å². The number of carbonyl (C=O) groups is 1. The number of aliphatic hydroxyl groups is 1. The molecule has 1 aliphatic carbocycles. The van der Waals surface area contributed by atoms with Crippen LogP contribution in [0.4, 0.5) is 0 Å². The molecule has 1 aliphatic heterocycles. The third kappa shape index (κ3) is 8.26. The standard InChI is InChI=1S/C27H41N5O4/c1-18(2)26(28)31-36-20(4)32-13-11-21(12-14-32)17-35-24-9-10-25(29-16-24)22-5-7-23(8-6-22)27(34)30-15-19(3)33/h5,9-10,16,18-19,21,23,33H,4,6-8,11-15,17H2,1-3H3,(H2,28,31)(H,30,34)/t19-,23?/m1/s1. The van der Waals surface area contributed by atoms with E-state index in [9.17, 15) is 9.90 Å². The first-order valence-electron chi connectivity index (χ1n) is 12.9. The molecule has 9 nitrogen and oxygen atoms in total. The Morgan fingerprint density at radius 1 is 1.31 bits per heavy atom. The summed E-state index contributed by atoms with van der Waals surface area (Å²) < 4.78 is 6.02. The second kappa shape index (κ2) is 13.3. The van der Waals surface area contributed by atoms with Gasteiger partial charge in [-0.25, -0.2) is 0 Å². The van der Waals surface area contributed by atoms with Gasteiger partial charge in [-0.2, -0.15) is 0 Å². The first-order valence-corrected chi connectivity index (χ1v) is 12.9. The number of rotatable bonds is 11. The monoisotopic (exact) mass is 499 g/mol. The lowest BCUT2D eigenvalue weighted by Crippen LogP contribution is -2.35. The molecule has 2 atom stereocenters. The Balaban J connectivity index is 1.39. The number of amides is 1. The van der Waals surface area contributed by atoms with Gasteiger partial charge in [0.15, 0.2) is 0 Å². The molecular weight excluding hydrogens is 458 g/mol. The average Bonchev–Trinajstić information content (AvgIpc) is 2.89. The second-order valence-corrected chi connectivity index (χ2v) is 10.1. The number of aromatic nitrogens is 1. The van der Waals surface area contributed by atoms with E-state index in [-0.39, 0.29) is 17.7 Å². The van der Waals surface area contributed by atoms with Crippen LogP contribution in [0.3, 0.4) is 0 Å². The molecule has 1 aromatic rings. The van der Waals surface area contributed by atoms with Gasteiger partial charge in [-0.15, -0.1) is 0 Å². The van der Waals surface area contributed by atoms with E-state index in [0.29, 0.717) is 37.2 Å². The van der Waals surface area contributed by atoms with Gasteiger partial charge in [0.25, 0.3) is 0 Å². The van der Waals surface area contributed by atoms with Crippen LogP contribution in [-0.4, -0.2) is 59.1 Å². The topological polar surface area (TPSA) is 122 Å². The van der Waals surface area contributed by atoms with Crippen molar-refractivity contribution in [1.82, 2.24) is 15.2 Å². The second-order valence-electron chi connectivity index (χ2n) is 10.1. The fraction of sp³-hybridized carbons (Fsp3) is 0.593. The van der Waals surface area contributed by atoms with Crippen LogP contribution in [0.5, 0.6) is 5.75 Å². The minimum Gasteiger partial charge on any atom is -0.492 e. The molecule has 2 heterocycles. The Kier molecular flexibility index (Phi) is 10.2. The number of pyridine rings is 1. The third-order valence-electron chi connectivity index (χ3n) is 6.72. The van der Waals surface area contributed by atoms with Crippen LogP contribution < -0.4 is 15.8 Å². The Morgan fingerprint density at radius 2 is 2.06 bits per heavy atom. The lowest BCUT2D eigenvalue weighted by atomic mass is 9.87. The highest BCUT2D eigenvalue weighted by Gasteiger charge is 2.23. The fourth-order valence-corrected chi connectivity index (χ4v) is 4.18. The summed E-state index contributed by atoms with van der Waals surface area (Å²) >= 11 is 0. The third-order valence-corrected chi connectivity index (χ3v) is 6.72. The van der Waals surface area contributed by atoms with Gasteiger partial charge in [0, 0.05) is 31.5 Å². The van der Waals surface area contributed by atoms with Crippen molar-refractivity contribution >= 4 is 17.3 Å². The van der Waals surface area contributed by atoms with Crippen molar-refractivity contribution in [3.63, 3.8) is 0 Å². The van der Waals surface area contributed by atoms with Gasteiger partial charge >= 0.3 is 0 Å². The minimum atomic E-state index is -0.532. The number of aliphatic hydroxyl groups excluding tert-OH is 1. The molecule has 0 spiro atoms. The van der Waals surface area contributed by atoms with Crippen molar-refractivity contribution in [2.45, 2.75) is 59.0 Å². The van der Waals surface area contributed by atoms with Crippen LogP contribution >= 0.6 is 0 Å². The van der Waals surface area contributed by atoms with E-state index in [2.05, 4.69) is 33.0 Å². The zero-order valence-electron chi connectivity index (χ0n) is 21.8. The van der Waals surface area contributed by atoms with Crippen molar-refractivity contribution in [2.75, 3.05) is 26.2 Å². The minimum absolute atomic E-state index is 0.00917. The van der Waals surface area contributed by atoms with Crippen molar-refractivity contribution in [3.8, 4) is 5.75 Å². The number of piperidine rings is 1. The summed E-state index contributed by atoms with van der Waals surface area (Å²) in [6.45, 7) is 12.2. The molecule has 9 heteroatoms. The maximum absolute atomic E-state index is 12.2. The summed E-state index contributed by atoms with van der Waals surface area (Å²) in [5.41, 5.74) is 7.91. The van der Waals surface area contributed by atoms with Crippen molar-refractivity contribution < 1.29 is 19.5 Å². The van der Waals surface area contributed by atoms with E-state index in [4.69, 9.17) is 15.3 Å². The van der Waals surface area contributed by atoms with Gasteiger partial charge in [-0.05, 0) is 69.2 Å². The van der Waals surface area contributed by atoms with Crippen LogP contribution in [0.15, 0.2) is 42.0 Å². The normalized spacial score (nSPS) is 20.0. The highest BCUT2D eigenvalue weighted by molar-refractivity contribution is 5.81. The predicted octanol–water partition coefficient (Wildman–Crippen LogP) is 3.27. The van der Waals surface area contributed by atoms with Gasteiger partial charge in [-0.3, -0.25) is 9.78 Å². The number of likely N-dealkylation sites (tertiary alicyclic amines) is 1. The van der Waals surface area contributed by atoms with E-state index in [1.54, 1.807) is 13.1 Å². The highest BCUT2D eigenvalue weighted by Crippen LogP contribution is 2.30. The molecule has 0 saturated carbocycles. The molecule has 0 bridgehead atoms. The van der Waals surface area contributed by atoms with Crippen LogP contribution in [0, 0.1) is 17.8 Å². The fourth-order valence-electron chi connectivity index (χ4n) is 4.18. The van der Waals surface area contributed by atoms with Crippen molar-refractivity contribution in [2.24, 2.45) is 28.6 Å². The summed E-state index contributed by atoms with van der Waals surface area (Å²) in [6.07, 6.45) is 7.59. The lowest BCUT2D eigenvalue weighted by Gasteiger charge is -2.32. The predicted molar refractivity (Wildman–Crippen MR) is 141 cm³/mol. The molecule has 1 fully saturated rings. The molecule has 2 aliphatic rings. The molecule has 0 radical (unpaired) electrons. The number of nitrogens with zero attached hydrogens (tertiary/aromatic N) is 3. The summed E-state index contributed by atoms with van der Waals surface area (Å²) in [7, 11) is 0. The zero-order valence-corrected chi connectivity index (χ0v) is 21.8. The summed E-state index contributed by atoms with van der Waals surface area (Å²) in [6, 6.07) is 3.95. The molecule has 198 valence electrons. The maximum atomic E-state index is 12.2. The molecular formula is C27H41N5O4. The number of ether oxygens (including phenoxy) is 1. The van der Waals surface area contributed by atoms with Crippen LogP contribution in [-0.2, 0) is 9.63 Å². The van der Waals surface area contributed by atoms with E-state index < -0.39 is 6.10 Å². The van der Waals surface area contributed by atoms with Crippen molar-refractivity contribution in [1.29, 1.82) is 0 Å². The number of oxime groups is 1. The number of nitrogens with one attached hydrogen (secondary N) is 1. The van der Waals surface area contributed by atoms with E-state index >= 15 is 0 Å². The van der Waals surface area contributed by atoms with E-state index in [0.717, 1.165) is 55.8 Å². The smallest absolute Gasteiger partial charge is 0.223 e. The Labute approximate surface area is 214 Å². The molecule has 4 N–H and O–H groups in total. The number of allylic oxidation sites excluding steroid dienone is 2. The molecule has 1 aromatic heterocycles. The SMILES string of the molecule is C=C(O/N=C(\N)C(C)C)N1CCC(COc2ccc(C3=CCC(C(=O)NC[C@@H](C)O)CC3)nc2)CC1.